The van der Waals surface area contributed by atoms with E-state index in [9.17, 15) is 0 Å². The molecule has 2 rings (SSSR count). The summed E-state index contributed by atoms with van der Waals surface area (Å²) in [6.07, 6.45) is 1.65. The summed E-state index contributed by atoms with van der Waals surface area (Å²) in [6.45, 7) is 2.22. The van der Waals surface area contributed by atoms with E-state index in [1.807, 2.05) is 6.07 Å². The Morgan fingerprint density at radius 3 is 2.88 bits per heavy atom. The van der Waals surface area contributed by atoms with Gasteiger partial charge in [0.15, 0.2) is 5.82 Å². The summed E-state index contributed by atoms with van der Waals surface area (Å²) >= 11 is 4.81. The molecule has 2 aromatic heterocycles. The lowest BCUT2D eigenvalue weighted by molar-refractivity contribution is 0.379. The third-order valence-corrected chi connectivity index (χ3v) is 2.24. The molecule has 0 unspecified atom stereocenters. The predicted molar refractivity (Wildman–Crippen MR) is 66.5 cm³/mol. The maximum atomic E-state index is 5.45. The van der Waals surface area contributed by atoms with Crippen LogP contribution in [0.3, 0.4) is 0 Å². The topological polar surface area (TPSA) is 89.9 Å². The van der Waals surface area contributed by atoms with Crippen LogP contribution in [-0.4, -0.2) is 20.1 Å². The van der Waals surface area contributed by atoms with Gasteiger partial charge in [-0.25, -0.2) is 0 Å². The summed E-state index contributed by atoms with van der Waals surface area (Å²) in [6, 6.07) is 3.59. The second-order valence-electron chi connectivity index (χ2n) is 3.39. The van der Waals surface area contributed by atoms with Gasteiger partial charge in [-0.15, -0.1) is 0 Å². The molecule has 2 heterocycles. The summed E-state index contributed by atoms with van der Waals surface area (Å²) < 4.78 is 4.96. The molecule has 3 N–H and O–H groups in total. The van der Waals surface area contributed by atoms with Crippen molar-refractivity contribution in [2.24, 2.45) is 5.73 Å². The average Bonchev–Trinajstić information content (AvgIpc) is 2.73. The van der Waals surface area contributed by atoms with Crippen LogP contribution in [0.5, 0.6) is 0 Å². The molecular weight excluding hydrogens is 238 g/mol. The highest BCUT2D eigenvalue weighted by atomic mass is 32.1. The van der Waals surface area contributed by atoms with Gasteiger partial charge in [0.2, 0.25) is 5.89 Å². The van der Waals surface area contributed by atoms with E-state index in [0.717, 1.165) is 5.69 Å². The van der Waals surface area contributed by atoms with Gasteiger partial charge in [0.1, 0.15) is 4.99 Å². The SMILES string of the molecule is Cc1noc(CNc2ccc(C(N)=S)nc2)n1. The summed E-state index contributed by atoms with van der Waals surface area (Å²) in [4.78, 5) is 8.45. The standard InChI is InChI=1S/C10H11N5OS/c1-6-14-9(16-15-6)5-12-7-2-3-8(10(11)17)13-4-7/h2-4,12H,5H2,1H3,(H2,11,17). The highest BCUT2D eigenvalue weighted by Gasteiger charge is 2.02. The second kappa shape index (κ2) is 4.88. The smallest absolute Gasteiger partial charge is 0.245 e. The Bertz CT molecular complexity index is 522. The lowest BCUT2D eigenvalue weighted by atomic mass is 10.3. The first-order chi connectivity index (χ1) is 8.15. The maximum Gasteiger partial charge on any atom is 0.245 e. The largest absolute Gasteiger partial charge is 0.388 e. The first-order valence-corrected chi connectivity index (χ1v) is 5.35. The van der Waals surface area contributed by atoms with E-state index in [4.69, 9.17) is 22.5 Å². The molecule has 0 saturated heterocycles. The first-order valence-electron chi connectivity index (χ1n) is 4.94. The van der Waals surface area contributed by atoms with Gasteiger partial charge in [0.25, 0.3) is 0 Å². The molecule has 0 atom stereocenters. The van der Waals surface area contributed by atoms with Crippen LogP contribution in [-0.2, 0) is 6.54 Å². The number of thiocarbonyl (C=S) groups is 1. The Kier molecular flexibility index (Phi) is 3.29. The fraction of sp³-hybridized carbons (Fsp3) is 0.200. The minimum absolute atomic E-state index is 0.282. The number of nitrogens with two attached hydrogens (primary N) is 1. The highest BCUT2D eigenvalue weighted by molar-refractivity contribution is 7.80. The minimum Gasteiger partial charge on any atom is -0.388 e. The zero-order valence-electron chi connectivity index (χ0n) is 9.17. The maximum absolute atomic E-state index is 5.45. The van der Waals surface area contributed by atoms with Crippen molar-refractivity contribution in [3.8, 4) is 0 Å². The third kappa shape index (κ3) is 2.97. The van der Waals surface area contributed by atoms with Gasteiger partial charge in [-0.3, -0.25) is 4.98 Å². The molecule has 0 bridgehead atoms. The predicted octanol–water partition coefficient (Wildman–Crippen LogP) is 1.02. The molecule has 17 heavy (non-hydrogen) atoms. The van der Waals surface area contributed by atoms with Crippen molar-refractivity contribution in [2.45, 2.75) is 13.5 Å². The molecule has 88 valence electrons. The summed E-state index contributed by atoms with van der Waals surface area (Å²) in [5, 5.41) is 6.79. The van der Waals surface area contributed by atoms with Crippen molar-refractivity contribution in [3.63, 3.8) is 0 Å². The fourth-order valence-electron chi connectivity index (χ4n) is 1.23. The number of nitrogens with zero attached hydrogens (tertiary/aromatic N) is 3. The van der Waals surface area contributed by atoms with Gasteiger partial charge in [-0.05, 0) is 19.1 Å². The molecule has 0 aliphatic carbocycles. The molecule has 6 nitrogen and oxygen atoms in total. The molecular formula is C10H11N5OS. The van der Waals surface area contributed by atoms with E-state index in [1.165, 1.54) is 0 Å². The van der Waals surface area contributed by atoms with Gasteiger partial charge in [-0.2, -0.15) is 4.98 Å². The van der Waals surface area contributed by atoms with Crippen molar-refractivity contribution in [1.82, 2.24) is 15.1 Å². The monoisotopic (exact) mass is 249 g/mol. The van der Waals surface area contributed by atoms with Crippen LogP contribution in [0.2, 0.25) is 0 Å². The van der Waals surface area contributed by atoms with Crippen LogP contribution in [0.15, 0.2) is 22.9 Å². The Balaban J connectivity index is 1.97. The van der Waals surface area contributed by atoms with Gasteiger partial charge in [0, 0.05) is 0 Å². The second-order valence-corrected chi connectivity index (χ2v) is 3.83. The Hall–Kier alpha value is -2.02. The lowest BCUT2D eigenvalue weighted by Crippen LogP contribution is -2.11. The zero-order valence-corrected chi connectivity index (χ0v) is 9.99. The molecule has 0 fully saturated rings. The summed E-state index contributed by atoms with van der Waals surface area (Å²) in [5.74, 6) is 1.14. The molecule has 0 amide bonds. The number of hydrogen-bond donors (Lipinski definition) is 2. The van der Waals surface area contributed by atoms with Crippen molar-refractivity contribution in [3.05, 3.63) is 35.7 Å². The minimum atomic E-state index is 0.282. The number of nitrogens with one attached hydrogen (secondary N) is 1. The third-order valence-electron chi connectivity index (χ3n) is 2.03. The van der Waals surface area contributed by atoms with Crippen LogP contribution < -0.4 is 11.1 Å². The molecule has 0 saturated carbocycles. The average molecular weight is 249 g/mol. The van der Waals surface area contributed by atoms with Crippen LogP contribution >= 0.6 is 12.2 Å². The Morgan fingerprint density at radius 1 is 1.53 bits per heavy atom. The van der Waals surface area contributed by atoms with E-state index in [0.29, 0.717) is 24.0 Å². The summed E-state index contributed by atoms with van der Waals surface area (Å²) in [7, 11) is 0. The van der Waals surface area contributed by atoms with Crippen LogP contribution in [0, 0.1) is 6.92 Å². The van der Waals surface area contributed by atoms with Crippen molar-refractivity contribution in [2.75, 3.05) is 5.32 Å². The Morgan fingerprint density at radius 2 is 2.35 bits per heavy atom. The lowest BCUT2D eigenvalue weighted by Gasteiger charge is -2.03. The van der Waals surface area contributed by atoms with E-state index < -0.39 is 0 Å². The van der Waals surface area contributed by atoms with E-state index >= 15 is 0 Å². The molecule has 2 aromatic rings. The number of hydrogen-bond acceptors (Lipinski definition) is 6. The van der Waals surface area contributed by atoms with E-state index in [2.05, 4.69) is 20.4 Å². The van der Waals surface area contributed by atoms with Crippen LogP contribution in [0.4, 0.5) is 5.69 Å². The molecule has 0 aliphatic heterocycles. The van der Waals surface area contributed by atoms with E-state index in [-0.39, 0.29) is 4.99 Å². The van der Waals surface area contributed by atoms with Crippen LogP contribution in [0.25, 0.3) is 0 Å². The fourth-order valence-corrected chi connectivity index (χ4v) is 1.35. The number of rotatable bonds is 4. The van der Waals surface area contributed by atoms with Crippen molar-refractivity contribution < 1.29 is 4.52 Å². The normalized spacial score (nSPS) is 10.2. The molecule has 0 radical (unpaired) electrons. The number of anilines is 1. The van der Waals surface area contributed by atoms with Crippen LogP contribution in [0.1, 0.15) is 17.4 Å². The number of aromatic nitrogens is 3. The van der Waals surface area contributed by atoms with Crippen molar-refractivity contribution in [1.29, 1.82) is 0 Å². The summed E-state index contributed by atoms with van der Waals surface area (Å²) in [5.41, 5.74) is 6.88. The molecule has 0 aromatic carbocycles. The van der Waals surface area contributed by atoms with Gasteiger partial charge in [-0.1, -0.05) is 17.4 Å². The quantitative estimate of drug-likeness (QED) is 0.782. The van der Waals surface area contributed by atoms with Gasteiger partial charge < -0.3 is 15.6 Å². The number of aryl methyl sites for hydroxylation is 1. The van der Waals surface area contributed by atoms with Gasteiger partial charge >= 0.3 is 0 Å². The first kappa shape index (κ1) is 11.5. The zero-order chi connectivity index (χ0) is 12.3. The van der Waals surface area contributed by atoms with E-state index in [1.54, 1.807) is 19.2 Å². The Labute approximate surface area is 103 Å². The van der Waals surface area contributed by atoms with Gasteiger partial charge in [0.05, 0.1) is 24.1 Å². The molecule has 7 heteroatoms. The molecule has 0 spiro atoms. The van der Waals surface area contributed by atoms with Crippen molar-refractivity contribution >= 4 is 22.9 Å². The highest BCUT2D eigenvalue weighted by Crippen LogP contribution is 2.08. The number of pyridine rings is 1. The molecule has 0 aliphatic rings.